The lowest BCUT2D eigenvalue weighted by Gasteiger charge is -2.40. The minimum atomic E-state index is 0.298. The van der Waals surface area contributed by atoms with Gasteiger partial charge in [-0.15, -0.1) is 0 Å². The Morgan fingerprint density at radius 3 is 2.72 bits per heavy atom. The van der Waals surface area contributed by atoms with Crippen LogP contribution in [0.4, 0.5) is 5.82 Å². The van der Waals surface area contributed by atoms with E-state index in [1.807, 2.05) is 0 Å². The van der Waals surface area contributed by atoms with Crippen LogP contribution in [0.15, 0.2) is 6.33 Å². The third kappa shape index (κ3) is 1.99. The van der Waals surface area contributed by atoms with Gasteiger partial charge in [-0.2, -0.15) is 0 Å². The lowest BCUT2D eigenvalue weighted by molar-refractivity contribution is 0.304. The van der Waals surface area contributed by atoms with Gasteiger partial charge in [0, 0.05) is 29.9 Å². The minimum Gasteiger partial charge on any atom is -0.356 e. The van der Waals surface area contributed by atoms with Gasteiger partial charge >= 0.3 is 0 Å². The summed E-state index contributed by atoms with van der Waals surface area (Å²) in [7, 11) is 2.07. The number of hydrogen-bond acceptors (Lipinski definition) is 4. The second-order valence-electron chi connectivity index (χ2n) is 5.77. The van der Waals surface area contributed by atoms with Crippen LogP contribution in [0.2, 0.25) is 0 Å². The first-order valence-corrected chi connectivity index (χ1v) is 6.98. The molecule has 3 rings (SSSR count). The summed E-state index contributed by atoms with van der Waals surface area (Å²) in [5.41, 5.74) is 2.99. The monoisotopic (exact) mass is 246 g/mol. The van der Waals surface area contributed by atoms with Gasteiger partial charge in [-0.05, 0) is 46.1 Å². The number of aromatic nitrogens is 2. The third-order valence-corrected chi connectivity index (χ3v) is 4.62. The van der Waals surface area contributed by atoms with Crippen LogP contribution in [0.1, 0.15) is 37.4 Å². The number of aryl methyl sites for hydroxylation is 1. The van der Waals surface area contributed by atoms with Gasteiger partial charge in [0.05, 0.1) is 0 Å². The first kappa shape index (κ1) is 11.9. The normalized spacial score (nSPS) is 22.0. The number of hydrogen-bond donors (Lipinski definition) is 1. The van der Waals surface area contributed by atoms with Crippen molar-refractivity contribution in [2.24, 2.45) is 0 Å². The van der Waals surface area contributed by atoms with E-state index in [0.717, 1.165) is 25.9 Å². The molecule has 1 aliphatic carbocycles. The molecule has 1 aliphatic heterocycles. The number of nitrogens with one attached hydrogen (secondary N) is 1. The predicted molar refractivity (Wildman–Crippen MR) is 73.0 cm³/mol. The summed E-state index contributed by atoms with van der Waals surface area (Å²) in [5, 5.41) is 3.45. The SMILES string of the molecule is CNC1(C)CCN(c2ncnc3c2CCC3)CC1. The molecular formula is C14H22N4. The minimum absolute atomic E-state index is 0.298. The molecule has 1 aromatic rings. The fourth-order valence-corrected chi connectivity index (χ4v) is 3.08. The summed E-state index contributed by atoms with van der Waals surface area (Å²) < 4.78 is 0. The molecule has 0 unspecified atom stereocenters. The van der Waals surface area contributed by atoms with Gasteiger partial charge in [0.1, 0.15) is 12.1 Å². The second-order valence-corrected chi connectivity index (χ2v) is 5.77. The first-order chi connectivity index (χ1) is 8.72. The van der Waals surface area contributed by atoms with Crippen LogP contribution in [0.25, 0.3) is 0 Å². The highest BCUT2D eigenvalue weighted by Gasteiger charge is 2.30. The largest absolute Gasteiger partial charge is 0.356 e. The number of anilines is 1. The Kier molecular flexibility index (Phi) is 2.98. The van der Waals surface area contributed by atoms with Crippen molar-refractivity contribution in [3.05, 3.63) is 17.6 Å². The maximum Gasteiger partial charge on any atom is 0.135 e. The number of nitrogens with zero attached hydrogens (tertiary/aromatic N) is 3. The van der Waals surface area contributed by atoms with Gasteiger partial charge in [-0.3, -0.25) is 0 Å². The smallest absolute Gasteiger partial charge is 0.135 e. The van der Waals surface area contributed by atoms with E-state index in [4.69, 9.17) is 0 Å². The van der Waals surface area contributed by atoms with Crippen molar-refractivity contribution < 1.29 is 0 Å². The Bertz CT molecular complexity index is 435. The summed E-state index contributed by atoms with van der Waals surface area (Å²) in [6, 6.07) is 0. The highest BCUT2D eigenvalue weighted by molar-refractivity contribution is 5.50. The van der Waals surface area contributed by atoms with E-state index in [2.05, 4.69) is 34.2 Å². The Morgan fingerprint density at radius 1 is 1.22 bits per heavy atom. The highest BCUT2D eigenvalue weighted by Crippen LogP contribution is 2.31. The molecule has 18 heavy (non-hydrogen) atoms. The molecule has 98 valence electrons. The van der Waals surface area contributed by atoms with Crippen LogP contribution >= 0.6 is 0 Å². The van der Waals surface area contributed by atoms with Crippen molar-refractivity contribution in [3.8, 4) is 0 Å². The molecule has 0 radical (unpaired) electrons. The third-order valence-electron chi connectivity index (χ3n) is 4.62. The average Bonchev–Trinajstić information content (AvgIpc) is 2.88. The Balaban J connectivity index is 1.79. The van der Waals surface area contributed by atoms with Crippen LogP contribution in [-0.2, 0) is 12.8 Å². The topological polar surface area (TPSA) is 41.0 Å². The van der Waals surface area contributed by atoms with Crippen molar-refractivity contribution >= 4 is 5.82 Å². The molecule has 0 bridgehead atoms. The number of rotatable bonds is 2. The Morgan fingerprint density at radius 2 is 2.00 bits per heavy atom. The van der Waals surface area contributed by atoms with Crippen LogP contribution in [0, 0.1) is 0 Å². The predicted octanol–water partition coefficient (Wildman–Crippen LogP) is 1.54. The van der Waals surface area contributed by atoms with Gasteiger partial charge in [0.25, 0.3) is 0 Å². The molecule has 2 heterocycles. The van der Waals surface area contributed by atoms with Gasteiger partial charge in [0.15, 0.2) is 0 Å². The fourth-order valence-electron chi connectivity index (χ4n) is 3.08. The van der Waals surface area contributed by atoms with Gasteiger partial charge in [-0.1, -0.05) is 0 Å². The molecule has 0 aromatic carbocycles. The quantitative estimate of drug-likeness (QED) is 0.859. The zero-order valence-electron chi connectivity index (χ0n) is 11.4. The average molecular weight is 246 g/mol. The Labute approximate surface area is 109 Å². The van der Waals surface area contributed by atoms with Crippen LogP contribution in [-0.4, -0.2) is 35.6 Å². The van der Waals surface area contributed by atoms with Crippen molar-refractivity contribution in [2.45, 2.75) is 44.6 Å². The van der Waals surface area contributed by atoms with E-state index in [1.165, 1.54) is 36.3 Å². The van der Waals surface area contributed by atoms with E-state index < -0.39 is 0 Å². The number of fused-ring (bicyclic) bond motifs is 1. The van der Waals surface area contributed by atoms with E-state index >= 15 is 0 Å². The van der Waals surface area contributed by atoms with Gasteiger partial charge in [-0.25, -0.2) is 9.97 Å². The fraction of sp³-hybridized carbons (Fsp3) is 0.714. The molecule has 4 nitrogen and oxygen atoms in total. The summed E-state index contributed by atoms with van der Waals surface area (Å²) in [6.45, 7) is 4.51. The highest BCUT2D eigenvalue weighted by atomic mass is 15.2. The van der Waals surface area contributed by atoms with E-state index in [9.17, 15) is 0 Å². The molecule has 1 aromatic heterocycles. The van der Waals surface area contributed by atoms with Crippen LogP contribution < -0.4 is 10.2 Å². The molecule has 2 aliphatic rings. The summed E-state index contributed by atoms with van der Waals surface area (Å²) in [6.07, 6.45) is 7.64. The van der Waals surface area contributed by atoms with Crippen LogP contribution in [0.5, 0.6) is 0 Å². The maximum atomic E-state index is 4.54. The summed E-state index contributed by atoms with van der Waals surface area (Å²) in [4.78, 5) is 11.4. The van der Waals surface area contributed by atoms with E-state index in [1.54, 1.807) is 6.33 Å². The second kappa shape index (κ2) is 4.50. The summed E-state index contributed by atoms with van der Waals surface area (Å²) >= 11 is 0. The molecule has 4 heteroatoms. The Hall–Kier alpha value is -1.16. The van der Waals surface area contributed by atoms with Gasteiger partial charge in [0.2, 0.25) is 0 Å². The van der Waals surface area contributed by atoms with Crippen LogP contribution in [0.3, 0.4) is 0 Å². The number of piperidine rings is 1. The maximum absolute atomic E-state index is 4.54. The molecule has 1 saturated heterocycles. The molecule has 1 fully saturated rings. The van der Waals surface area contributed by atoms with Crippen molar-refractivity contribution in [1.82, 2.24) is 15.3 Å². The lowest BCUT2D eigenvalue weighted by Crippen LogP contribution is -2.50. The van der Waals surface area contributed by atoms with Crippen molar-refractivity contribution in [2.75, 3.05) is 25.0 Å². The molecular weight excluding hydrogens is 224 g/mol. The zero-order chi connectivity index (χ0) is 12.6. The van der Waals surface area contributed by atoms with E-state index in [-0.39, 0.29) is 0 Å². The first-order valence-electron chi connectivity index (χ1n) is 6.98. The summed E-state index contributed by atoms with van der Waals surface area (Å²) in [5.74, 6) is 1.20. The van der Waals surface area contributed by atoms with E-state index in [0.29, 0.717) is 5.54 Å². The lowest BCUT2D eigenvalue weighted by atomic mass is 9.90. The standard InChI is InChI=1S/C14H22N4/c1-14(15-2)6-8-18(9-7-14)13-11-4-3-5-12(11)16-10-17-13/h10,15H,3-9H2,1-2H3. The van der Waals surface area contributed by atoms with Crippen molar-refractivity contribution in [3.63, 3.8) is 0 Å². The molecule has 0 amide bonds. The zero-order valence-corrected chi connectivity index (χ0v) is 11.4. The molecule has 1 N–H and O–H groups in total. The van der Waals surface area contributed by atoms with Gasteiger partial charge < -0.3 is 10.2 Å². The molecule has 0 spiro atoms. The van der Waals surface area contributed by atoms with Crippen molar-refractivity contribution in [1.29, 1.82) is 0 Å². The molecule has 0 saturated carbocycles. The molecule has 0 atom stereocenters.